The molecule has 0 aliphatic rings. The number of halogens is 3. The first kappa shape index (κ1) is 16.6. The molecule has 1 aromatic carbocycles. The number of nitrogens with zero attached hydrogens (tertiary/aromatic N) is 1. The van der Waals surface area contributed by atoms with E-state index in [4.69, 9.17) is 27.9 Å². The van der Waals surface area contributed by atoms with Crippen molar-refractivity contribution in [2.45, 2.75) is 19.9 Å². The fourth-order valence-corrected chi connectivity index (χ4v) is 2.57. The van der Waals surface area contributed by atoms with Crippen molar-refractivity contribution in [2.75, 3.05) is 6.54 Å². The number of pyridine rings is 1. The SMILES string of the molecule is CCCNCc1cccnc1Oc1cc(Cl)c(Br)cc1Cl. The zero-order chi connectivity index (χ0) is 15.2. The van der Waals surface area contributed by atoms with E-state index in [2.05, 4.69) is 33.2 Å². The number of hydrogen-bond acceptors (Lipinski definition) is 3. The van der Waals surface area contributed by atoms with E-state index in [9.17, 15) is 0 Å². The zero-order valence-corrected chi connectivity index (χ0v) is 14.6. The van der Waals surface area contributed by atoms with Crippen molar-refractivity contribution in [3.63, 3.8) is 0 Å². The molecule has 0 aliphatic heterocycles. The predicted molar refractivity (Wildman–Crippen MR) is 90.5 cm³/mol. The molecule has 2 rings (SSSR count). The van der Waals surface area contributed by atoms with Crippen LogP contribution in [0.15, 0.2) is 34.9 Å². The van der Waals surface area contributed by atoms with Gasteiger partial charge in [0.1, 0.15) is 5.75 Å². The third-order valence-corrected chi connectivity index (χ3v) is 4.27. The Bertz CT molecular complexity index is 623. The van der Waals surface area contributed by atoms with Crippen molar-refractivity contribution in [2.24, 2.45) is 0 Å². The molecule has 0 radical (unpaired) electrons. The second-order valence-corrected chi connectivity index (χ2v) is 6.11. The zero-order valence-electron chi connectivity index (χ0n) is 11.5. The molecule has 3 nitrogen and oxygen atoms in total. The highest BCUT2D eigenvalue weighted by Crippen LogP contribution is 2.36. The maximum atomic E-state index is 6.17. The van der Waals surface area contributed by atoms with Gasteiger partial charge in [0.2, 0.25) is 5.88 Å². The van der Waals surface area contributed by atoms with Crippen LogP contribution in [-0.2, 0) is 6.54 Å². The van der Waals surface area contributed by atoms with Crippen molar-refractivity contribution in [1.82, 2.24) is 10.3 Å². The van der Waals surface area contributed by atoms with Crippen molar-refractivity contribution in [1.29, 1.82) is 0 Å². The number of hydrogen-bond donors (Lipinski definition) is 1. The van der Waals surface area contributed by atoms with Crippen LogP contribution in [-0.4, -0.2) is 11.5 Å². The summed E-state index contributed by atoms with van der Waals surface area (Å²) in [5, 5.41) is 4.34. The maximum Gasteiger partial charge on any atom is 0.223 e. The highest BCUT2D eigenvalue weighted by molar-refractivity contribution is 9.10. The number of nitrogens with one attached hydrogen (secondary N) is 1. The van der Waals surface area contributed by atoms with Crippen LogP contribution in [0.25, 0.3) is 0 Å². The topological polar surface area (TPSA) is 34.2 Å². The number of benzene rings is 1. The lowest BCUT2D eigenvalue weighted by atomic mass is 10.2. The van der Waals surface area contributed by atoms with Gasteiger partial charge in [-0.1, -0.05) is 36.2 Å². The Labute approximate surface area is 142 Å². The standard InChI is InChI=1S/C15H15BrCl2N2O/c1-2-5-19-9-10-4-3-6-20-15(10)21-14-8-12(17)11(16)7-13(14)18/h3-4,6-8,19H,2,5,9H2,1H3. The minimum Gasteiger partial charge on any atom is -0.437 e. The van der Waals surface area contributed by atoms with E-state index in [0.717, 1.165) is 23.0 Å². The molecule has 0 aliphatic carbocycles. The molecule has 0 saturated carbocycles. The fourth-order valence-electron chi connectivity index (χ4n) is 1.74. The molecule has 0 amide bonds. The van der Waals surface area contributed by atoms with E-state index >= 15 is 0 Å². The lowest BCUT2D eigenvalue weighted by Gasteiger charge is -2.12. The smallest absolute Gasteiger partial charge is 0.223 e. The molecule has 2 aromatic rings. The molecule has 112 valence electrons. The normalized spacial score (nSPS) is 10.7. The Balaban J connectivity index is 2.21. The van der Waals surface area contributed by atoms with Gasteiger partial charge in [-0.05, 0) is 41.0 Å². The molecule has 21 heavy (non-hydrogen) atoms. The monoisotopic (exact) mass is 388 g/mol. The van der Waals surface area contributed by atoms with Crippen molar-refractivity contribution >= 4 is 39.1 Å². The van der Waals surface area contributed by atoms with Gasteiger partial charge in [0, 0.05) is 28.8 Å². The molecule has 0 atom stereocenters. The van der Waals surface area contributed by atoms with Crippen molar-refractivity contribution in [3.8, 4) is 11.6 Å². The first-order chi connectivity index (χ1) is 10.1. The Kier molecular flexibility index (Phi) is 6.30. The van der Waals surface area contributed by atoms with Crippen LogP contribution in [0.3, 0.4) is 0 Å². The summed E-state index contributed by atoms with van der Waals surface area (Å²) >= 11 is 15.6. The van der Waals surface area contributed by atoms with Crippen LogP contribution >= 0.6 is 39.1 Å². The highest BCUT2D eigenvalue weighted by atomic mass is 79.9. The molecule has 6 heteroatoms. The van der Waals surface area contributed by atoms with Gasteiger partial charge in [0.15, 0.2) is 0 Å². The maximum absolute atomic E-state index is 6.17. The summed E-state index contributed by atoms with van der Waals surface area (Å²) in [5.74, 6) is 1.02. The molecule has 0 unspecified atom stereocenters. The van der Waals surface area contributed by atoms with E-state index in [1.54, 1.807) is 18.3 Å². The Hall–Kier alpha value is -0.810. The second kappa shape index (κ2) is 7.99. The minimum atomic E-state index is 0.476. The molecule has 1 aromatic heterocycles. The first-order valence-electron chi connectivity index (χ1n) is 6.58. The third kappa shape index (κ3) is 4.58. The van der Waals surface area contributed by atoms with Crippen LogP contribution in [0, 0.1) is 0 Å². The van der Waals surface area contributed by atoms with Gasteiger partial charge in [-0.2, -0.15) is 0 Å². The molecule has 1 N–H and O–H groups in total. The Morgan fingerprint density at radius 2 is 2.10 bits per heavy atom. The average molecular weight is 390 g/mol. The number of aromatic nitrogens is 1. The van der Waals surface area contributed by atoms with E-state index in [0.29, 0.717) is 28.2 Å². The molecule has 0 bridgehead atoms. The lowest BCUT2D eigenvalue weighted by molar-refractivity contribution is 0.453. The van der Waals surface area contributed by atoms with Gasteiger partial charge in [-0.25, -0.2) is 4.98 Å². The predicted octanol–water partition coefficient (Wildman–Crippen LogP) is 5.44. The van der Waals surface area contributed by atoms with Crippen LogP contribution in [0.5, 0.6) is 11.6 Å². The number of ether oxygens (including phenoxy) is 1. The van der Waals surface area contributed by atoms with E-state index in [-0.39, 0.29) is 0 Å². The summed E-state index contributed by atoms with van der Waals surface area (Å²) in [6.07, 6.45) is 2.76. The van der Waals surface area contributed by atoms with E-state index < -0.39 is 0 Å². The summed E-state index contributed by atoms with van der Waals surface area (Å²) in [4.78, 5) is 4.27. The fraction of sp³-hybridized carbons (Fsp3) is 0.267. The quantitative estimate of drug-likeness (QED) is 0.527. The van der Waals surface area contributed by atoms with Crippen molar-refractivity contribution in [3.05, 3.63) is 50.5 Å². The van der Waals surface area contributed by atoms with Gasteiger partial charge in [0.25, 0.3) is 0 Å². The summed E-state index contributed by atoms with van der Waals surface area (Å²) < 4.78 is 6.55. The van der Waals surface area contributed by atoms with Gasteiger partial charge < -0.3 is 10.1 Å². The lowest BCUT2D eigenvalue weighted by Crippen LogP contribution is -2.14. The van der Waals surface area contributed by atoms with Gasteiger partial charge in [-0.15, -0.1) is 0 Å². The highest BCUT2D eigenvalue weighted by Gasteiger charge is 2.11. The summed E-state index contributed by atoms with van der Waals surface area (Å²) in [6, 6.07) is 7.23. The minimum absolute atomic E-state index is 0.476. The summed E-state index contributed by atoms with van der Waals surface area (Å²) in [5.41, 5.74) is 0.973. The number of rotatable bonds is 6. The molecular formula is C15H15BrCl2N2O. The Morgan fingerprint density at radius 1 is 1.29 bits per heavy atom. The summed E-state index contributed by atoms with van der Waals surface area (Å²) in [7, 11) is 0. The molecule has 0 saturated heterocycles. The molecule has 0 fully saturated rings. The van der Waals surface area contributed by atoms with Crippen LogP contribution in [0.4, 0.5) is 0 Å². The first-order valence-corrected chi connectivity index (χ1v) is 8.13. The molecular weight excluding hydrogens is 375 g/mol. The third-order valence-electron chi connectivity index (χ3n) is 2.77. The van der Waals surface area contributed by atoms with Crippen LogP contribution in [0.1, 0.15) is 18.9 Å². The van der Waals surface area contributed by atoms with Gasteiger partial charge in [-0.3, -0.25) is 0 Å². The largest absolute Gasteiger partial charge is 0.437 e. The second-order valence-electron chi connectivity index (χ2n) is 4.44. The molecule has 1 heterocycles. The van der Waals surface area contributed by atoms with Crippen LogP contribution in [0.2, 0.25) is 10.0 Å². The Morgan fingerprint density at radius 3 is 2.86 bits per heavy atom. The van der Waals surface area contributed by atoms with E-state index in [1.807, 2.05) is 12.1 Å². The van der Waals surface area contributed by atoms with Gasteiger partial charge in [0.05, 0.1) is 10.0 Å². The molecule has 0 spiro atoms. The van der Waals surface area contributed by atoms with Crippen LogP contribution < -0.4 is 10.1 Å². The van der Waals surface area contributed by atoms with E-state index in [1.165, 1.54) is 0 Å². The van der Waals surface area contributed by atoms with Crippen molar-refractivity contribution < 1.29 is 4.74 Å². The summed E-state index contributed by atoms with van der Waals surface area (Å²) in [6.45, 7) is 3.76. The van der Waals surface area contributed by atoms with Gasteiger partial charge >= 0.3 is 0 Å². The average Bonchev–Trinajstić information content (AvgIpc) is 2.47.